The Labute approximate surface area is 132 Å². The van der Waals surface area contributed by atoms with Crippen LogP contribution in [0.4, 0.5) is 0 Å². The SMILES string of the molecule is CCOc1ccc(C(NN)c2ccc(Br)cc2Cl)cc1. The molecule has 0 radical (unpaired) electrons. The molecule has 20 heavy (non-hydrogen) atoms. The molecule has 106 valence electrons. The fourth-order valence-corrected chi connectivity index (χ4v) is 2.81. The van der Waals surface area contributed by atoms with Crippen LogP contribution >= 0.6 is 27.5 Å². The van der Waals surface area contributed by atoms with Crippen LogP contribution in [-0.2, 0) is 0 Å². The maximum Gasteiger partial charge on any atom is 0.119 e. The molecule has 1 atom stereocenters. The lowest BCUT2D eigenvalue weighted by Crippen LogP contribution is -2.29. The number of nitrogens with two attached hydrogens (primary N) is 1. The van der Waals surface area contributed by atoms with Crippen molar-refractivity contribution in [2.45, 2.75) is 13.0 Å². The van der Waals surface area contributed by atoms with E-state index < -0.39 is 0 Å². The van der Waals surface area contributed by atoms with Gasteiger partial charge in [-0.05, 0) is 42.3 Å². The molecule has 0 spiro atoms. The van der Waals surface area contributed by atoms with Crippen LogP contribution in [0.25, 0.3) is 0 Å². The average Bonchev–Trinajstić information content (AvgIpc) is 2.44. The molecule has 0 amide bonds. The Kier molecular flexibility index (Phi) is 5.43. The molecule has 1 unspecified atom stereocenters. The number of hydrazine groups is 1. The van der Waals surface area contributed by atoms with Gasteiger partial charge in [-0.25, -0.2) is 5.43 Å². The van der Waals surface area contributed by atoms with Crippen molar-refractivity contribution in [3.05, 3.63) is 63.1 Å². The summed E-state index contributed by atoms with van der Waals surface area (Å²) < 4.78 is 6.37. The summed E-state index contributed by atoms with van der Waals surface area (Å²) in [6.45, 7) is 2.61. The number of nitrogens with one attached hydrogen (secondary N) is 1. The molecule has 0 heterocycles. The minimum absolute atomic E-state index is 0.161. The van der Waals surface area contributed by atoms with E-state index in [2.05, 4.69) is 21.4 Å². The fraction of sp³-hybridized carbons (Fsp3) is 0.200. The van der Waals surface area contributed by atoms with E-state index in [0.29, 0.717) is 11.6 Å². The van der Waals surface area contributed by atoms with Crippen molar-refractivity contribution in [1.82, 2.24) is 5.43 Å². The van der Waals surface area contributed by atoms with E-state index in [1.54, 1.807) is 0 Å². The molecule has 0 fully saturated rings. The second-order valence-electron chi connectivity index (χ2n) is 4.27. The minimum atomic E-state index is -0.161. The molecular formula is C15H16BrClN2O. The molecular weight excluding hydrogens is 340 g/mol. The average molecular weight is 356 g/mol. The Morgan fingerprint density at radius 2 is 1.95 bits per heavy atom. The van der Waals surface area contributed by atoms with Crippen LogP contribution in [0, 0.1) is 0 Å². The first-order valence-corrected chi connectivity index (χ1v) is 7.46. The third kappa shape index (κ3) is 3.52. The van der Waals surface area contributed by atoms with Crippen LogP contribution < -0.4 is 16.0 Å². The summed E-state index contributed by atoms with van der Waals surface area (Å²) in [6, 6.07) is 13.4. The predicted molar refractivity (Wildman–Crippen MR) is 85.9 cm³/mol. The third-order valence-corrected chi connectivity index (χ3v) is 3.79. The van der Waals surface area contributed by atoms with Gasteiger partial charge in [0.2, 0.25) is 0 Å². The lowest BCUT2D eigenvalue weighted by Gasteiger charge is -2.18. The molecule has 3 nitrogen and oxygen atoms in total. The lowest BCUT2D eigenvalue weighted by molar-refractivity contribution is 0.340. The maximum atomic E-state index is 6.28. The Morgan fingerprint density at radius 1 is 1.25 bits per heavy atom. The highest BCUT2D eigenvalue weighted by molar-refractivity contribution is 9.10. The molecule has 0 aliphatic carbocycles. The molecule has 0 aliphatic rings. The topological polar surface area (TPSA) is 47.3 Å². The summed E-state index contributed by atoms with van der Waals surface area (Å²) in [5, 5.41) is 0.663. The quantitative estimate of drug-likeness (QED) is 0.628. The van der Waals surface area contributed by atoms with Gasteiger partial charge in [0.25, 0.3) is 0 Å². The Bertz CT molecular complexity index is 575. The smallest absolute Gasteiger partial charge is 0.119 e. The molecule has 5 heteroatoms. The normalized spacial score (nSPS) is 12.2. The van der Waals surface area contributed by atoms with Crippen molar-refractivity contribution < 1.29 is 4.74 Å². The van der Waals surface area contributed by atoms with Gasteiger partial charge in [-0.15, -0.1) is 0 Å². The predicted octanol–water partition coefficient (Wildman–Crippen LogP) is 4.05. The van der Waals surface area contributed by atoms with Crippen LogP contribution in [0.15, 0.2) is 46.9 Å². The number of hydrogen-bond acceptors (Lipinski definition) is 3. The number of ether oxygens (including phenoxy) is 1. The largest absolute Gasteiger partial charge is 0.494 e. The van der Waals surface area contributed by atoms with Gasteiger partial charge in [-0.3, -0.25) is 5.84 Å². The molecule has 3 N–H and O–H groups in total. The van der Waals surface area contributed by atoms with Gasteiger partial charge in [-0.1, -0.05) is 45.7 Å². The third-order valence-electron chi connectivity index (χ3n) is 2.96. The highest BCUT2D eigenvalue weighted by atomic mass is 79.9. The summed E-state index contributed by atoms with van der Waals surface area (Å²) in [6.07, 6.45) is 0. The number of halogens is 2. The summed E-state index contributed by atoms with van der Waals surface area (Å²) in [5.74, 6) is 6.53. The second-order valence-corrected chi connectivity index (χ2v) is 5.59. The number of rotatable bonds is 5. The molecule has 0 saturated carbocycles. The summed E-state index contributed by atoms with van der Waals surface area (Å²) in [4.78, 5) is 0. The van der Waals surface area contributed by atoms with Gasteiger partial charge >= 0.3 is 0 Å². The molecule has 0 aliphatic heterocycles. The monoisotopic (exact) mass is 354 g/mol. The van der Waals surface area contributed by atoms with Gasteiger partial charge in [-0.2, -0.15) is 0 Å². The second kappa shape index (κ2) is 7.09. The van der Waals surface area contributed by atoms with Gasteiger partial charge in [0, 0.05) is 9.50 Å². The van der Waals surface area contributed by atoms with Crippen molar-refractivity contribution in [3.8, 4) is 5.75 Å². The van der Waals surface area contributed by atoms with Crippen molar-refractivity contribution in [2.75, 3.05) is 6.61 Å². The van der Waals surface area contributed by atoms with Gasteiger partial charge < -0.3 is 4.74 Å². The summed E-state index contributed by atoms with van der Waals surface area (Å²) in [7, 11) is 0. The van der Waals surface area contributed by atoms with Gasteiger partial charge in [0.15, 0.2) is 0 Å². The molecule has 0 bridgehead atoms. The van der Waals surface area contributed by atoms with E-state index in [1.807, 2.05) is 49.4 Å². The molecule has 2 aromatic carbocycles. The van der Waals surface area contributed by atoms with E-state index in [4.69, 9.17) is 22.2 Å². The van der Waals surface area contributed by atoms with Crippen LogP contribution in [0.3, 0.4) is 0 Å². The van der Waals surface area contributed by atoms with Crippen molar-refractivity contribution >= 4 is 27.5 Å². The first kappa shape index (κ1) is 15.3. The molecule has 0 saturated heterocycles. The van der Waals surface area contributed by atoms with Gasteiger partial charge in [0.05, 0.1) is 12.6 Å². The zero-order valence-electron chi connectivity index (χ0n) is 11.1. The van der Waals surface area contributed by atoms with E-state index in [1.165, 1.54) is 0 Å². The maximum absolute atomic E-state index is 6.28. The van der Waals surface area contributed by atoms with Crippen molar-refractivity contribution in [1.29, 1.82) is 0 Å². The van der Waals surface area contributed by atoms with Crippen LogP contribution in [0.1, 0.15) is 24.1 Å². The Balaban J connectivity index is 2.31. The van der Waals surface area contributed by atoms with Crippen molar-refractivity contribution in [3.63, 3.8) is 0 Å². The van der Waals surface area contributed by atoms with Crippen molar-refractivity contribution in [2.24, 2.45) is 5.84 Å². The Morgan fingerprint density at radius 3 is 2.50 bits per heavy atom. The lowest BCUT2D eigenvalue weighted by atomic mass is 9.99. The standard InChI is InChI=1S/C15H16BrClN2O/c1-2-20-12-6-3-10(4-7-12)15(19-18)13-8-5-11(16)9-14(13)17/h3-9,15,19H,2,18H2,1H3. The van der Waals surface area contributed by atoms with Crippen LogP contribution in [-0.4, -0.2) is 6.61 Å². The Hall–Kier alpha value is -1.07. The summed E-state index contributed by atoms with van der Waals surface area (Å²) in [5.41, 5.74) is 4.77. The first-order valence-electron chi connectivity index (χ1n) is 6.29. The summed E-state index contributed by atoms with van der Waals surface area (Å²) >= 11 is 9.68. The molecule has 2 aromatic rings. The highest BCUT2D eigenvalue weighted by Crippen LogP contribution is 2.30. The highest BCUT2D eigenvalue weighted by Gasteiger charge is 2.15. The zero-order chi connectivity index (χ0) is 14.5. The van der Waals surface area contributed by atoms with Gasteiger partial charge in [0.1, 0.15) is 5.75 Å². The zero-order valence-corrected chi connectivity index (χ0v) is 13.4. The van der Waals surface area contributed by atoms with Crippen LogP contribution in [0.5, 0.6) is 5.75 Å². The van der Waals surface area contributed by atoms with E-state index in [0.717, 1.165) is 21.3 Å². The molecule has 0 aromatic heterocycles. The van der Waals surface area contributed by atoms with E-state index in [9.17, 15) is 0 Å². The molecule has 2 rings (SSSR count). The van der Waals surface area contributed by atoms with E-state index in [-0.39, 0.29) is 6.04 Å². The minimum Gasteiger partial charge on any atom is -0.494 e. The van der Waals surface area contributed by atoms with Crippen LogP contribution in [0.2, 0.25) is 5.02 Å². The fourth-order valence-electron chi connectivity index (χ4n) is 2.02. The first-order chi connectivity index (χ1) is 9.65. The number of benzene rings is 2. The van der Waals surface area contributed by atoms with E-state index >= 15 is 0 Å². The number of hydrogen-bond donors (Lipinski definition) is 2.